The van der Waals surface area contributed by atoms with Gasteiger partial charge in [-0.25, -0.2) is 0 Å². The first-order valence-corrected chi connectivity index (χ1v) is 6.68. The number of rotatable bonds is 6. The van der Waals surface area contributed by atoms with Crippen LogP contribution in [0.3, 0.4) is 0 Å². The zero-order valence-corrected chi connectivity index (χ0v) is 12.5. The number of ether oxygens (including phenoxy) is 1. The minimum absolute atomic E-state index is 0.0767. The molecule has 0 radical (unpaired) electrons. The molecule has 0 bridgehead atoms. The molecule has 0 aliphatic heterocycles. The summed E-state index contributed by atoms with van der Waals surface area (Å²) in [6.07, 6.45) is 3.97. The Kier molecular flexibility index (Phi) is 6.92. The highest BCUT2D eigenvalue weighted by atomic mass is 35.5. The second-order valence-electron chi connectivity index (χ2n) is 4.08. The number of carbonyl (C=O) groups excluding carboxylic acids is 1. The summed E-state index contributed by atoms with van der Waals surface area (Å²) in [5.41, 5.74) is 0.729. The highest BCUT2D eigenvalue weighted by Gasteiger charge is 2.05. The summed E-state index contributed by atoms with van der Waals surface area (Å²) >= 11 is 11.9. The predicted molar refractivity (Wildman–Crippen MR) is 79.6 cm³/mol. The molecule has 0 atom stereocenters. The number of hydrogen-bond donors (Lipinski definition) is 0. The molecule has 0 aromatic heterocycles. The van der Waals surface area contributed by atoms with E-state index in [0.29, 0.717) is 23.2 Å². The Morgan fingerprint density at radius 3 is 2.84 bits per heavy atom. The molecule has 3 nitrogen and oxygen atoms in total. The molecular weight excluding hydrogens is 285 g/mol. The second kappa shape index (κ2) is 8.20. The summed E-state index contributed by atoms with van der Waals surface area (Å²) in [7, 11) is 3.39. The minimum Gasteiger partial charge on any atom is -0.385 e. The van der Waals surface area contributed by atoms with Crippen molar-refractivity contribution < 1.29 is 9.53 Å². The Morgan fingerprint density at radius 2 is 2.16 bits per heavy atom. The largest absolute Gasteiger partial charge is 0.385 e. The lowest BCUT2D eigenvalue weighted by Crippen LogP contribution is -2.26. The van der Waals surface area contributed by atoms with Crippen molar-refractivity contribution in [2.24, 2.45) is 0 Å². The lowest BCUT2D eigenvalue weighted by Gasteiger charge is -2.14. The van der Waals surface area contributed by atoms with Crippen molar-refractivity contribution >= 4 is 35.2 Å². The van der Waals surface area contributed by atoms with Crippen molar-refractivity contribution in [3.05, 3.63) is 39.9 Å². The molecule has 0 spiro atoms. The van der Waals surface area contributed by atoms with Crippen LogP contribution in [0.1, 0.15) is 12.0 Å². The van der Waals surface area contributed by atoms with Crippen LogP contribution >= 0.6 is 23.2 Å². The van der Waals surface area contributed by atoms with Gasteiger partial charge in [0.1, 0.15) is 0 Å². The molecule has 0 heterocycles. The summed E-state index contributed by atoms with van der Waals surface area (Å²) in [6.45, 7) is 1.29. The molecular formula is C14H17Cl2NO2. The Labute approximate surface area is 123 Å². The van der Waals surface area contributed by atoms with Crippen molar-refractivity contribution in [1.82, 2.24) is 4.90 Å². The zero-order chi connectivity index (χ0) is 14.3. The van der Waals surface area contributed by atoms with Gasteiger partial charge in [-0.05, 0) is 24.1 Å². The Bertz CT molecular complexity index is 461. The van der Waals surface area contributed by atoms with E-state index in [1.54, 1.807) is 37.3 Å². The van der Waals surface area contributed by atoms with Gasteiger partial charge in [0, 0.05) is 33.4 Å². The van der Waals surface area contributed by atoms with Gasteiger partial charge in [0.15, 0.2) is 0 Å². The number of amides is 1. The fraction of sp³-hybridized carbons (Fsp3) is 0.357. The summed E-state index contributed by atoms with van der Waals surface area (Å²) in [5, 5.41) is 0.931. The van der Waals surface area contributed by atoms with Crippen molar-refractivity contribution in [2.75, 3.05) is 27.3 Å². The standard InChI is InChI=1S/C14H17Cl2NO2/c1-17(9-4-10-19-2)13(18)8-7-11-5-3-6-12(15)14(11)16/h3,5-8H,4,9-10H2,1-2H3/b8-7+. The van der Waals surface area contributed by atoms with Crippen LogP contribution in [-0.2, 0) is 9.53 Å². The molecule has 5 heteroatoms. The van der Waals surface area contributed by atoms with Crippen molar-refractivity contribution in [2.45, 2.75) is 6.42 Å². The van der Waals surface area contributed by atoms with E-state index in [4.69, 9.17) is 27.9 Å². The van der Waals surface area contributed by atoms with E-state index in [2.05, 4.69) is 0 Å². The SMILES string of the molecule is COCCCN(C)C(=O)/C=C/c1cccc(Cl)c1Cl. The van der Waals surface area contributed by atoms with Crippen LogP contribution in [0.4, 0.5) is 0 Å². The highest BCUT2D eigenvalue weighted by Crippen LogP contribution is 2.26. The molecule has 0 aliphatic rings. The smallest absolute Gasteiger partial charge is 0.246 e. The Morgan fingerprint density at radius 1 is 1.42 bits per heavy atom. The first-order chi connectivity index (χ1) is 9.06. The molecule has 1 aromatic rings. The normalized spacial score (nSPS) is 10.9. The van der Waals surface area contributed by atoms with Gasteiger partial charge in [0.25, 0.3) is 0 Å². The van der Waals surface area contributed by atoms with Gasteiger partial charge in [0.2, 0.25) is 5.91 Å². The minimum atomic E-state index is -0.0767. The number of carbonyl (C=O) groups is 1. The van der Waals surface area contributed by atoms with Crippen LogP contribution in [0.5, 0.6) is 0 Å². The van der Waals surface area contributed by atoms with Crippen LogP contribution in [-0.4, -0.2) is 38.1 Å². The molecule has 0 N–H and O–H groups in total. The summed E-state index contributed by atoms with van der Waals surface area (Å²) in [5.74, 6) is -0.0767. The van der Waals surface area contributed by atoms with Crippen LogP contribution in [0.2, 0.25) is 10.0 Å². The maximum absolute atomic E-state index is 11.8. The summed E-state index contributed by atoms with van der Waals surface area (Å²) in [4.78, 5) is 13.5. The lowest BCUT2D eigenvalue weighted by atomic mass is 10.2. The summed E-state index contributed by atoms with van der Waals surface area (Å²) < 4.78 is 4.94. The molecule has 0 fully saturated rings. The predicted octanol–water partition coefficient (Wildman–Crippen LogP) is 3.50. The number of methoxy groups -OCH3 is 1. The van der Waals surface area contributed by atoms with Crippen LogP contribution in [0.25, 0.3) is 6.08 Å². The molecule has 1 rings (SSSR count). The van der Waals surface area contributed by atoms with Gasteiger partial charge < -0.3 is 9.64 Å². The number of benzene rings is 1. The van der Waals surface area contributed by atoms with Crippen molar-refractivity contribution in [1.29, 1.82) is 0 Å². The maximum Gasteiger partial charge on any atom is 0.246 e. The van der Waals surface area contributed by atoms with E-state index in [9.17, 15) is 4.79 Å². The van der Waals surface area contributed by atoms with Gasteiger partial charge in [-0.2, -0.15) is 0 Å². The fourth-order valence-electron chi connectivity index (χ4n) is 1.49. The quantitative estimate of drug-likeness (QED) is 0.594. The Balaban J connectivity index is 2.60. The lowest BCUT2D eigenvalue weighted by molar-refractivity contribution is -0.124. The molecule has 0 saturated heterocycles. The third-order valence-electron chi connectivity index (χ3n) is 2.61. The fourth-order valence-corrected chi connectivity index (χ4v) is 1.86. The van der Waals surface area contributed by atoms with Gasteiger partial charge in [-0.3, -0.25) is 4.79 Å². The number of halogens is 2. The maximum atomic E-state index is 11.8. The first-order valence-electron chi connectivity index (χ1n) is 5.92. The average Bonchev–Trinajstić information content (AvgIpc) is 2.40. The first kappa shape index (κ1) is 16.0. The van der Waals surface area contributed by atoms with Gasteiger partial charge in [-0.1, -0.05) is 35.3 Å². The third kappa shape index (κ3) is 5.23. The zero-order valence-electron chi connectivity index (χ0n) is 11.0. The molecule has 104 valence electrons. The van der Waals surface area contributed by atoms with Gasteiger partial charge >= 0.3 is 0 Å². The summed E-state index contributed by atoms with van der Waals surface area (Å²) in [6, 6.07) is 5.31. The topological polar surface area (TPSA) is 29.5 Å². The van der Waals surface area contributed by atoms with Crippen molar-refractivity contribution in [3.8, 4) is 0 Å². The Hall–Kier alpha value is -1.03. The van der Waals surface area contributed by atoms with E-state index in [1.807, 2.05) is 6.07 Å². The van der Waals surface area contributed by atoms with Crippen LogP contribution < -0.4 is 0 Å². The van der Waals surface area contributed by atoms with E-state index in [1.165, 1.54) is 6.08 Å². The highest BCUT2D eigenvalue weighted by molar-refractivity contribution is 6.42. The number of nitrogens with zero attached hydrogens (tertiary/aromatic N) is 1. The van der Waals surface area contributed by atoms with Crippen LogP contribution in [0, 0.1) is 0 Å². The number of hydrogen-bond acceptors (Lipinski definition) is 2. The molecule has 0 aliphatic carbocycles. The molecule has 1 aromatic carbocycles. The monoisotopic (exact) mass is 301 g/mol. The molecule has 0 saturated carbocycles. The molecule has 19 heavy (non-hydrogen) atoms. The molecule has 0 unspecified atom stereocenters. The van der Waals surface area contributed by atoms with Gasteiger partial charge in [-0.15, -0.1) is 0 Å². The van der Waals surface area contributed by atoms with Gasteiger partial charge in [0.05, 0.1) is 10.0 Å². The van der Waals surface area contributed by atoms with E-state index in [0.717, 1.165) is 12.0 Å². The van der Waals surface area contributed by atoms with E-state index in [-0.39, 0.29) is 5.91 Å². The average molecular weight is 302 g/mol. The third-order valence-corrected chi connectivity index (χ3v) is 3.44. The number of likely N-dealkylation sites (N-methyl/N-ethyl adjacent to an activating group) is 1. The molecule has 1 amide bonds. The second-order valence-corrected chi connectivity index (χ2v) is 4.87. The van der Waals surface area contributed by atoms with Crippen molar-refractivity contribution in [3.63, 3.8) is 0 Å². The van der Waals surface area contributed by atoms with E-state index < -0.39 is 0 Å². The van der Waals surface area contributed by atoms with E-state index >= 15 is 0 Å². The van der Waals surface area contributed by atoms with Crippen LogP contribution in [0.15, 0.2) is 24.3 Å².